The Hall–Kier alpha value is -0.0400. The van der Waals surface area contributed by atoms with E-state index in [2.05, 4.69) is 32.7 Å². The number of rotatable bonds is 2. The molecule has 1 heteroatoms. The van der Waals surface area contributed by atoms with Crippen molar-refractivity contribution >= 4 is 0 Å². The minimum atomic E-state index is 0.847. The Morgan fingerprint density at radius 1 is 0.882 bits per heavy atom. The van der Waals surface area contributed by atoms with Gasteiger partial charge in [0, 0.05) is 12.6 Å². The van der Waals surface area contributed by atoms with Crippen molar-refractivity contribution < 1.29 is 0 Å². The summed E-state index contributed by atoms with van der Waals surface area (Å²) in [4.78, 5) is 2.53. The second kappa shape index (κ2) is 16.0. The van der Waals surface area contributed by atoms with Gasteiger partial charge in [-0.3, -0.25) is 0 Å². The van der Waals surface area contributed by atoms with E-state index in [-0.39, 0.29) is 0 Å². The molecule has 3 unspecified atom stereocenters. The minimum absolute atomic E-state index is 0.847. The second-order valence-electron chi connectivity index (χ2n) is 3.94. The molecule has 0 aromatic heterocycles. The van der Waals surface area contributed by atoms with Crippen LogP contribution in [-0.2, 0) is 0 Å². The Kier molecular flexibility index (Phi) is 20.8. The summed E-state index contributed by atoms with van der Waals surface area (Å²) in [5, 5.41) is 0. The average Bonchev–Trinajstić information content (AvgIpc) is 2.70. The van der Waals surface area contributed by atoms with Crippen molar-refractivity contribution in [3.05, 3.63) is 0 Å². The molecule has 0 saturated carbocycles. The van der Waals surface area contributed by atoms with Gasteiger partial charge in [0.25, 0.3) is 0 Å². The molecule has 1 fully saturated rings. The lowest BCUT2D eigenvalue weighted by atomic mass is 9.89. The SMILES string of the molecule is CC.CC.CC.CCC1CN(C)C(CC)C1C. The van der Waals surface area contributed by atoms with Crippen molar-refractivity contribution in [1.82, 2.24) is 4.90 Å². The molecule has 1 aliphatic rings. The highest BCUT2D eigenvalue weighted by molar-refractivity contribution is 4.87. The van der Waals surface area contributed by atoms with Crippen molar-refractivity contribution in [2.24, 2.45) is 11.8 Å². The molecule has 1 saturated heterocycles. The first-order chi connectivity index (χ1) is 8.20. The van der Waals surface area contributed by atoms with Gasteiger partial charge in [-0.05, 0) is 25.3 Å². The second-order valence-corrected chi connectivity index (χ2v) is 3.94. The Morgan fingerprint density at radius 3 is 1.47 bits per heavy atom. The lowest BCUT2D eigenvalue weighted by Crippen LogP contribution is -2.27. The zero-order chi connectivity index (χ0) is 14.4. The third kappa shape index (κ3) is 7.81. The van der Waals surface area contributed by atoms with E-state index in [1.54, 1.807) is 0 Å². The van der Waals surface area contributed by atoms with Crippen LogP contribution in [0.25, 0.3) is 0 Å². The summed E-state index contributed by atoms with van der Waals surface area (Å²) in [5.74, 6) is 1.86. The van der Waals surface area contributed by atoms with Crippen molar-refractivity contribution in [3.63, 3.8) is 0 Å². The fourth-order valence-electron chi connectivity index (χ4n) is 2.57. The Morgan fingerprint density at radius 2 is 1.29 bits per heavy atom. The molecule has 3 atom stereocenters. The van der Waals surface area contributed by atoms with Crippen LogP contribution in [0.15, 0.2) is 0 Å². The summed E-state index contributed by atoms with van der Waals surface area (Å²) in [5.41, 5.74) is 0. The molecular formula is C16H39N. The molecule has 0 spiro atoms. The monoisotopic (exact) mass is 245 g/mol. The Labute approximate surface area is 112 Å². The Balaban J connectivity index is -0.000000285. The van der Waals surface area contributed by atoms with Gasteiger partial charge >= 0.3 is 0 Å². The number of nitrogens with zero attached hydrogens (tertiary/aromatic N) is 1. The van der Waals surface area contributed by atoms with Crippen molar-refractivity contribution in [2.45, 2.75) is 81.2 Å². The molecule has 108 valence electrons. The van der Waals surface area contributed by atoms with Gasteiger partial charge < -0.3 is 4.90 Å². The van der Waals surface area contributed by atoms with Crippen LogP contribution < -0.4 is 0 Å². The van der Waals surface area contributed by atoms with Crippen LogP contribution in [0.4, 0.5) is 0 Å². The normalized spacial score (nSPS) is 26.8. The van der Waals surface area contributed by atoms with Crippen LogP contribution in [0.2, 0.25) is 0 Å². The maximum atomic E-state index is 2.53. The quantitative estimate of drug-likeness (QED) is 0.625. The third-order valence-corrected chi connectivity index (χ3v) is 3.38. The number of hydrogen-bond acceptors (Lipinski definition) is 1. The first-order valence-electron chi connectivity index (χ1n) is 7.90. The highest BCUT2D eigenvalue weighted by Crippen LogP contribution is 2.31. The van der Waals surface area contributed by atoms with E-state index in [9.17, 15) is 0 Å². The first kappa shape index (κ1) is 22.2. The lowest BCUT2D eigenvalue weighted by Gasteiger charge is -2.21. The summed E-state index contributed by atoms with van der Waals surface area (Å²) in [6, 6.07) is 0.847. The Bertz CT molecular complexity index is 123. The van der Waals surface area contributed by atoms with Crippen molar-refractivity contribution in [3.8, 4) is 0 Å². The zero-order valence-corrected chi connectivity index (χ0v) is 14.3. The van der Waals surface area contributed by atoms with Crippen molar-refractivity contribution in [1.29, 1.82) is 0 Å². The predicted molar refractivity (Wildman–Crippen MR) is 83.7 cm³/mol. The molecule has 0 aliphatic carbocycles. The van der Waals surface area contributed by atoms with Gasteiger partial charge in [-0.15, -0.1) is 0 Å². The third-order valence-electron chi connectivity index (χ3n) is 3.38. The van der Waals surface area contributed by atoms with Gasteiger partial charge in [0.05, 0.1) is 0 Å². The number of hydrogen-bond donors (Lipinski definition) is 0. The molecule has 1 nitrogen and oxygen atoms in total. The molecule has 0 aromatic carbocycles. The summed E-state index contributed by atoms with van der Waals surface area (Å²) < 4.78 is 0. The lowest BCUT2D eigenvalue weighted by molar-refractivity contribution is 0.271. The van der Waals surface area contributed by atoms with E-state index in [1.807, 2.05) is 41.5 Å². The summed E-state index contributed by atoms with van der Waals surface area (Å²) in [6.45, 7) is 20.3. The highest BCUT2D eigenvalue weighted by Gasteiger charge is 2.33. The smallest absolute Gasteiger partial charge is 0.0118 e. The number of likely N-dealkylation sites (tertiary alicyclic amines) is 1. The molecule has 0 radical (unpaired) electrons. The van der Waals surface area contributed by atoms with Gasteiger partial charge in [-0.2, -0.15) is 0 Å². The van der Waals surface area contributed by atoms with Gasteiger partial charge in [-0.25, -0.2) is 0 Å². The minimum Gasteiger partial charge on any atom is -0.303 e. The first-order valence-corrected chi connectivity index (χ1v) is 7.90. The molecule has 1 aliphatic heterocycles. The fourth-order valence-corrected chi connectivity index (χ4v) is 2.57. The molecule has 1 rings (SSSR count). The van der Waals surface area contributed by atoms with Crippen LogP contribution in [0.1, 0.15) is 75.2 Å². The fraction of sp³-hybridized carbons (Fsp3) is 1.00. The molecule has 0 aromatic rings. The largest absolute Gasteiger partial charge is 0.303 e. The molecular weight excluding hydrogens is 206 g/mol. The van der Waals surface area contributed by atoms with Crippen LogP contribution in [0.5, 0.6) is 0 Å². The van der Waals surface area contributed by atoms with E-state index in [4.69, 9.17) is 0 Å². The van der Waals surface area contributed by atoms with Crippen LogP contribution >= 0.6 is 0 Å². The summed E-state index contributed by atoms with van der Waals surface area (Å²) in [6.07, 6.45) is 2.66. The van der Waals surface area contributed by atoms with Gasteiger partial charge in [0.15, 0.2) is 0 Å². The topological polar surface area (TPSA) is 3.24 Å². The average molecular weight is 245 g/mol. The van der Waals surface area contributed by atoms with E-state index >= 15 is 0 Å². The van der Waals surface area contributed by atoms with Crippen LogP contribution in [-0.4, -0.2) is 24.5 Å². The zero-order valence-electron chi connectivity index (χ0n) is 14.3. The van der Waals surface area contributed by atoms with E-state index in [0.29, 0.717) is 0 Å². The molecule has 1 heterocycles. The molecule has 0 N–H and O–H groups in total. The van der Waals surface area contributed by atoms with Crippen LogP contribution in [0.3, 0.4) is 0 Å². The van der Waals surface area contributed by atoms with Crippen molar-refractivity contribution in [2.75, 3.05) is 13.6 Å². The molecule has 17 heavy (non-hydrogen) atoms. The van der Waals surface area contributed by atoms with E-state index < -0.39 is 0 Å². The van der Waals surface area contributed by atoms with E-state index in [1.165, 1.54) is 19.4 Å². The van der Waals surface area contributed by atoms with Crippen LogP contribution in [0, 0.1) is 11.8 Å². The highest BCUT2D eigenvalue weighted by atomic mass is 15.2. The molecule has 0 amide bonds. The molecule has 0 bridgehead atoms. The maximum Gasteiger partial charge on any atom is 0.0118 e. The van der Waals surface area contributed by atoms with Gasteiger partial charge in [-0.1, -0.05) is 68.7 Å². The van der Waals surface area contributed by atoms with E-state index in [0.717, 1.165) is 17.9 Å². The summed E-state index contributed by atoms with van der Waals surface area (Å²) >= 11 is 0. The standard InChI is InChI=1S/C10H21N.3C2H6/c1-5-9-7-11(4)10(6-2)8(9)3;3*1-2/h8-10H,5-7H2,1-4H3;3*1-2H3. The predicted octanol–water partition coefficient (Wildman–Crippen LogP) is 5.45. The van der Waals surface area contributed by atoms with Gasteiger partial charge in [0.2, 0.25) is 0 Å². The summed E-state index contributed by atoms with van der Waals surface area (Å²) in [7, 11) is 2.26. The maximum absolute atomic E-state index is 2.53. The van der Waals surface area contributed by atoms with Gasteiger partial charge in [0.1, 0.15) is 0 Å².